The van der Waals surface area contributed by atoms with Crippen LogP contribution in [0.4, 0.5) is 0 Å². The Labute approximate surface area is 118 Å². The fraction of sp³-hybridized carbons (Fsp3) is 1.00. The zero-order valence-corrected chi connectivity index (χ0v) is 12.3. The van der Waals surface area contributed by atoms with Crippen molar-refractivity contribution >= 4 is 0 Å². The van der Waals surface area contributed by atoms with Crippen molar-refractivity contribution in [2.75, 3.05) is 19.6 Å². The minimum Gasteiger partial charge on any atom is -0.313 e. The molecule has 2 nitrogen and oxygen atoms in total. The van der Waals surface area contributed by atoms with E-state index < -0.39 is 0 Å². The van der Waals surface area contributed by atoms with Crippen LogP contribution in [0.25, 0.3) is 0 Å². The number of nitrogens with zero attached hydrogens (tertiary/aromatic N) is 1. The topological polar surface area (TPSA) is 15.3 Å². The smallest absolute Gasteiger partial charge is 0.0195 e. The minimum atomic E-state index is 0.799. The summed E-state index contributed by atoms with van der Waals surface area (Å²) in [5.41, 5.74) is 0. The summed E-state index contributed by atoms with van der Waals surface area (Å²) in [6.45, 7) is 4.04. The Morgan fingerprint density at radius 3 is 2.47 bits per heavy atom. The van der Waals surface area contributed by atoms with E-state index in [9.17, 15) is 0 Å². The van der Waals surface area contributed by atoms with Gasteiger partial charge in [-0.25, -0.2) is 0 Å². The summed E-state index contributed by atoms with van der Waals surface area (Å²) in [5.74, 6) is 3.28. The molecule has 2 bridgehead atoms. The van der Waals surface area contributed by atoms with E-state index in [-0.39, 0.29) is 0 Å². The van der Waals surface area contributed by atoms with Crippen molar-refractivity contribution in [1.29, 1.82) is 0 Å². The highest BCUT2D eigenvalue weighted by molar-refractivity contribution is 4.95. The van der Waals surface area contributed by atoms with Crippen molar-refractivity contribution in [2.24, 2.45) is 17.8 Å². The van der Waals surface area contributed by atoms with E-state index in [1.807, 2.05) is 0 Å². The van der Waals surface area contributed by atoms with E-state index in [0.717, 1.165) is 29.8 Å². The Bertz CT molecular complexity index is 306. The Hall–Kier alpha value is -0.0800. The molecule has 0 radical (unpaired) electrons. The molecule has 4 fully saturated rings. The lowest BCUT2D eigenvalue weighted by Crippen LogP contribution is -2.46. The van der Waals surface area contributed by atoms with Crippen LogP contribution in [0.2, 0.25) is 0 Å². The third-order valence-corrected chi connectivity index (χ3v) is 6.28. The van der Waals surface area contributed by atoms with E-state index >= 15 is 0 Å². The van der Waals surface area contributed by atoms with Gasteiger partial charge in [-0.3, -0.25) is 4.90 Å². The molecule has 0 aromatic carbocycles. The Balaban J connectivity index is 1.33. The molecular formula is C17H30N2. The largest absolute Gasteiger partial charge is 0.313 e. The number of nitrogens with one attached hydrogen (secondary N) is 1. The van der Waals surface area contributed by atoms with E-state index in [4.69, 9.17) is 0 Å². The number of fused-ring (bicyclic) bond motifs is 2. The lowest BCUT2D eigenvalue weighted by Gasteiger charge is -2.34. The van der Waals surface area contributed by atoms with Gasteiger partial charge in [-0.05, 0) is 69.2 Å². The van der Waals surface area contributed by atoms with Gasteiger partial charge in [0.1, 0.15) is 0 Å². The molecule has 0 aromatic heterocycles. The molecule has 3 aliphatic carbocycles. The maximum absolute atomic E-state index is 3.75. The standard InChI is InChI=1S/C17H30N2/c1-2-8-18-16(3-1)12-19(17-6-7-17)11-15-10-13-4-5-14(15)9-13/h13-18H,1-12H2. The predicted molar refractivity (Wildman–Crippen MR) is 79.2 cm³/mol. The van der Waals surface area contributed by atoms with Gasteiger partial charge in [0.15, 0.2) is 0 Å². The summed E-state index contributed by atoms with van der Waals surface area (Å²) < 4.78 is 0. The minimum absolute atomic E-state index is 0.799. The van der Waals surface area contributed by atoms with Gasteiger partial charge in [0.25, 0.3) is 0 Å². The fourth-order valence-electron chi connectivity index (χ4n) is 5.08. The first-order valence-corrected chi connectivity index (χ1v) is 8.86. The van der Waals surface area contributed by atoms with Crippen molar-refractivity contribution in [3.8, 4) is 0 Å². The highest BCUT2D eigenvalue weighted by atomic mass is 15.2. The molecule has 4 atom stereocenters. The van der Waals surface area contributed by atoms with Crippen molar-refractivity contribution in [3.05, 3.63) is 0 Å². The second kappa shape index (κ2) is 5.37. The molecule has 4 rings (SSSR count). The first kappa shape index (κ1) is 12.6. The molecule has 1 heterocycles. The van der Waals surface area contributed by atoms with Crippen molar-refractivity contribution in [1.82, 2.24) is 10.2 Å². The average molecular weight is 262 g/mol. The van der Waals surface area contributed by atoms with Gasteiger partial charge in [-0.2, -0.15) is 0 Å². The molecular weight excluding hydrogens is 232 g/mol. The van der Waals surface area contributed by atoms with Gasteiger partial charge < -0.3 is 5.32 Å². The molecule has 108 valence electrons. The summed E-state index contributed by atoms with van der Waals surface area (Å²) >= 11 is 0. The summed E-state index contributed by atoms with van der Waals surface area (Å²) in [4.78, 5) is 2.88. The number of hydrogen-bond donors (Lipinski definition) is 1. The number of rotatable bonds is 5. The summed E-state index contributed by atoms with van der Waals surface area (Å²) in [7, 11) is 0. The van der Waals surface area contributed by atoms with Crippen LogP contribution in [0.3, 0.4) is 0 Å². The highest BCUT2D eigenvalue weighted by Crippen LogP contribution is 2.49. The lowest BCUT2D eigenvalue weighted by molar-refractivity contribution is 0.159. The second-order valence-corrected chi connectivity index (χ2v) is 7.77. The molecule has 3 saturated carbocycles. The quantitative estimate of drug-likeness (QED) is 0.819. The fourth-order valence-corrected chi connectivity index (χ4v) is 5.08. The van der Waals surface area contributed by atoms with Crippen molar-refractivity contribution in [2.45, 2.75) is 69.9 Å². The van der Waals surface area contributed by atoms with Gasteiger partial charge in [-0.15, -0.1) is 0 Å². The van der Waals surface area contributed by atoms with Crippen LogP contribution in [-0.2, 0) is 0 Å². The normalized spacial score (nSPS) is 42.2. The molecule has 4 unspecified atom stereocenters. The molecule has 1 aliphatic heterocycles. The molecule has 0 aromatic rings. The van der Waals surface area contributed by atoms with Crippen LogP contribution in [0, 0.1) is 17.8 Å². The number of piperidine rings is 1. The molecule has 0 spiro atoms. The molecule has 1 N–H and O–H groups in total. The number of hydrogen-bond acceptors (Lipinski definition) is 2. The Kier molecular flexibility index (Phi) is 3.57. The second-order valence-electron chi connectivity index (χ2n) is 7.77. The predicted octanol–water partition coefficient (Wildman–Crippen LogP) is 3.03. The molecule has 1 saturated heterocycles. The van der Waals surface area contributed by atoms with Crippen LogP contribution in [0.15, 0.2) is 0 Å². The zero-order chi connectivity index (χ0) is 12.7. The molecule has 4 aliphatic rings. The molecule has 0 amide bonds. The van der Waals surface area contributed by atoms with Crippen LogP contribution in [-0.4, -0.2) is 36.6 Å². The Morgan fingerprint density at radius 2 is 1.84 bits per heavy atom. The Morgan fingerprint density at radius 1 is 0.895 bits per heavy atom. The average Bonchev–Trinajstić information content (AvgIpc) is 3.09. The van der Waals surface area contributed by atoms with Crippen LogP contribution in [0.1, 0.15) is 57.8 Å². The summed E-state index contributed by atoms with van der Waals surface area (Å²) in [6, 6.07) is 1.76. The van der Waals surface area contributed by atoms with Crippen molar-refractivity contribution < 1.29 is 0 Å². The highest BCUT2D eigenvalue weighted by Gasteiger charge is 2.42. The van der Waals surface area contributed by atoms with Gasteiger partial charge in [0.05, 0.1) is 0 Å². The summed E-state index contributed by atoms with van der Waals surface area (Å²) in [5, 5.41) is 3.75. The van der Waals surface area contributed by atoms with Gasteiger partial charge in [0, 0.05) is 25.2 Å². The van der Waals surface area contributed by atoms with Gasteiger partial charge in [-0.1, -0.05) is 12.8 Å². The zero-order valence-electron chi connectivity index (χ0n) is 12.3. The third kappa shape index (κ3) is 2.85. The first-order chi connectivity index (χ1) is 9.38. The van der Waals surface area contributed by atoms with E-state index in [0.29, 0.717) is 0 Å². The third-order valence-electron chi connectivity index (χ3n) is 6.28. The van der Waals surface area contributed by atoms with Crippen LogP contribution in [0.5, 0.6) is 0 Å². The van der Waals surface area contributed by atoms with Crippen molar-refractivity contribution in [3.63, 3.8) is 0 Å². The summed E-state index contributed by atoms with van der Waals surface area (Å²) in [6.07, 6.45) is 13.5. The lowest BCUT2D eigenvalue weighted by atomic mass is 9.88. The van der Waals surface area contributed by atoms with Gasteiger partial charge >= 0.3 is 0 Å². The monoisotopic (exact) mass is 262 g/mol. The van der Waals surface area contributed by atoms with Gasteiger partial charge in [0.2, 0.25) is 0 Å². The van der Waals surface area contributed by atoms with E-state index in [1.165, 1.54) is 51.7 Å². The van der Waals surface area contributed by atoms with E-state index in [1.54, 1.807) is 25.7 Å². The molecule has 2 heteroatoms. The maximum Gasteiger partial charge on any atom is 0.0195 e. The van der Waals surface area contributed by atoms with E-state index in [2.05, 4.69) is 10.2 Å². The van der Waals surface area contributed by atoms with Crippen LogP contribution < -0.4 is 5.32 Å². The maximum atomic E-state index is 3.75. The molecule has 19 heavy (non-hydrogen) atoms. The first-order valence-electron chi connectivity index (χ1n) is 8.86. The SMILES string of the molecule is C1CCC(CN(CC2CC3CCC2C3)C2CC2)NC1. The van der Waals surface area contributed by atoms with Crippen LogP contribution >= 0.6 is 0 Å².